The second-order valence-electron chi connectivity index (χ2n) is 6.03. The number of carboxylic acids is 1. The van der Waals surface area contributed by atoms with Gasteiger partial charge in [-0.3, -0.25) is 4.79 Å². The number of hydrogen-bond acceptors (Lipinski definition) is 3. The molecular formula is C14H19F3O4. The van der Waals surface area contributed by atoms with Gasteiger partial charge in [-0.25, -0.2) is 4.79 Å². The van der Waals surface area contributed by atoms with Crippen LogP contribution in [0.2, 0.25) is 0 Å². The van der Waals surface area contributed by atoms with Crippen LogP contribution in [0.25, 0.3) is 0 Å². The van der Waals surface area contributed by atoms with Crippen LogP contribution in [0, 0.1) is 17.3 Å². The molecule has 0 aromatic carbocycles. The van der Waals surface area contributed by atoms with E-state index in [1.807, 2.05) is 0 Å². The Morgan fingerprint density at radius 1 is 1.33 bits per heavy atom. The van der Waals surface area contributed by atoms with Crippen molar-refractivity contribution in [3.05, 3.63) is 12.2 Å². The summed E-state index contributed by atoms with van der Waals surface area (Å²) in [7, 11) is 0. The lowest BCUT2D eigenvalue weighted by atomic mass is 10.0. The zero-order valence-corrected chi connectivity index (χ0v) is 12.3. The normalized spacial score (nSPS) is 27.2. The maximum atomic E-state index is 12.8. The SMILES string of the molecule is CCC(C)(OC(=O)/C=C\C1C(C(=O)O)C1(C)C)C(F)(F)F. The fourth-order valence-corrected chi connectivity index (χ4v) is 2.28. The predicted molar refractivity (Wildman–Crippen MR) is 68.4 cm³/mol. The molecule has 0 bridgehead atoms. The predicted octanol–water partition coefficient (Wildman–Crippen LogP) is 3.17. The first-order valence-electron chi connectivity index (χ1n) is 6.57. The lowest BCUT2D eigenvalue weighted by Crippen LogP contribution is -2.45. The Labute approximate surface area is 121 Å². The van der Waals surface area contributed by atoms with E-state index in [1.165, 1.54) is 13.0 Å². The molecule has 0 heterocycles. The summed E-state index contributed by atoms with van der Waals surface area (Å²) in [4.78, 5) is 22.5. The first kappa shape index (κ1) is 17.5. The van der Waals surface area contributed by atoms with Crippen molar-refractivity contribution < 1.29 is 32.6 Å². The molecule has 1 N–H and O–H groups in total. The number of aliphatic carboxylic acids is 1. The largest absolute Gasteiger partial charge is 0.481 e. The molecule has 0 aromatic heterocycles. The number of carbonyl (C=O) groups is 2. The van der Waals surface area contributed by atoms with Crippen molar-refractivity contribution in [2.45, 2.75) is 45.9 Å². The van der Waals surface area contributed by atoms with E-state index in [4.69, 9.17) is 5.11 Å². The summed E-state index contributed by atoms with van der Waals surface area (Å²) in [6.45, 7) is 5.52. The number of allylic oxidation sites excluding steroid dienone is 1. The third-order valence-corrected chi connectivity index (χ3v) is 4.22. The summed E-state index contributed by atoms with van der Waals surface area (Å²) in [5.41, 5.74) is -3.06. The fourth-order valence-electron chi connectivity index (χ4n) is 2.28. The summed E-state index contributed by atoms with van der Waals surface area (Å²) < 4.78 is 42.9. The molecule has 1 rings (SSSR count). The summed E-state index contributed by atoms with van der Waals surface area (Å²) >= 11 is 0. The monoisotopic (exact) mass is 308 g/mol. The highest BCUT2D eigenvalue weighted by molar-refractivity contribution is 5.83. The standard InChI is InChI=1S/C14H19F3O4/c1-5-13(4,14(15,16)17)21-9(18)7-6-8-10(11(19)20)12(8,2)3/h6-8,10H,5H2,1-4H3,(H,19,20)/b7-6-. The van der Waals surface area contributed by atoms with E-state index in [9.17, 15) is 22.8 Å². The Morgan fingerprint density at radius 3 is 2.19 bits per heavy atom. The highest BCUT2D eigenvalue weighted by atomic mass is 19.4. The Balaban J connectivity index is 2.71. The van der Waals surface area contributed by atoms with Crippen molar-refractivity contribution >= 4 is 11.9 Å². The Bertz CT molecular complexity index is 467. The van der Waals surface area contributed by atoms with Gasteiger partial charge in [-0.1, -0.05) is 26.8 Å². The van der Waals surface area contributed by atoms with Gasteiger partial charge in [0.2, 0.25) is 5.60 Å². The van der Waals surface area contributed by atoms with Crippen LogP contribution >= 0.6 is 0 Å². The van der Waals surface area contributed by atoms with Crippen LogP contribution < -0.4 is 0 Å². The van der Waals surface area contributed by atoms with Crippen LogP contribution in [0.4, 0.5) is 13.2 Å². The zero-order valence-electron chi connectivity index (χ0n) is 12.3. The van der Waals surface area contributed by atoms with Gasteiger partial charge in [0, 0.05) is 6.08 Å². The summed E-state index contributed by atoms with van der Waals surface area (Å²) in [6.07, 6.45) is -2.86. The summed E-state index contributed by atoms with van der Waals surface area (Å²) in [6, 6.07) is 0. The zero-order chi connectivity index (χ0) is 16.6. The van der Waals surface area contributed by atoms with Crippen molar-refractivity contribution in [2.24, 2.45) is 17.3 Å². The van der Waals surface area contributed by atoms with Gasteiger partial charge in [0.1, 0.15) is 0 Å². The number of carboxylic acid groups (broad SMARTS) is 1. The molecule has 120 valence electrons. The summed E-state index contributed by atoms with van der Waals surface area (Å²) in [5.74, 6) is -3.14. The van der Waals surface area contributed by atoms with Crippen LogP contribution in [-0.2, 0) is 14.3 Å². The average molecular weight is 308 g/mol. The highest BCUT2D eigenvalue weighted by Gasteiger charge is 2.60. The number of rotatable bonds is 5. The molecule has 3 atom stereocenters. The Kier molecular flexibility index (Phi) is 4.46. The Morgan fingerprint density at radius 2 is 1.86 bits per heavy atom. The topological polar surface area (TPSA) is 63.6 Å². The first-order valence-corrected chi connectivity index (χ1v) is 6.57. The van der Waals surface area contributed by atoms with Crippen LogP contribution in [0.3, 0.4) is 0 Å². The quantitative estimate of drug-likeness (QED) is 0.626. The van der Waals surface area contributed by atoms with E-state index < -0.39 is 41.5 Å². The maximum Gasteiger partial charge on any atom is 0.428 e. The molecule has 0 spiro atoms. The van der Waals surface area contributed by atoms with Crippen molar-refractivity contribution in [3.63, 3.8) is 0 Å². The molecule has 0 radical (unpaired) electrons. The van der Waals surface area contributed by atoms with Crippen molar-refractivity contribution in [3.8, 4) is 0 Å². The van der Waals surface area contributed by atoms with Gasteiger partial charge in [0.15, 0.2) is 0 Å². The van der Waals surface area contributed by atoms with Gasteiger partial charge in [0.25, 0.3) is 0 Å². The van der Waals surface area contributed by atoms with Crippen molar-refractivity contribution in [1.29, 1.82) is 0 Å². The molecule has 4 nitrogen and oxygen atoms in total. The minimum absolute atomic E-state index is 0.388. The smallest absolute Gasteiger partial charge is 0.428 e. The highest BCUT2D eigenvalue weighted by Crippen LogP contribution is 2.59. The average Bonchev–Trinajstić information content (AvgIpc) is 2.87. The second-order valence-corrected chi connectivity index (χ2v) is 6.03. The van der Waals surface area contributed by atoms with Gasteiger partial charge in [-0.15, -0.1) is 0 Å². The molecule has 7 heteroatoms. The van der Waals surface area contributed by atoms with E-state index in [2.05, 4.69) is 4.74 Å². The third kappa shape index (κ3) is 3.39. The van der Waals surface area contributed by atoms with E-state index in [1.54, 1.807) is 13.8 Å². The number of halogens is 3. The first-order chi connectivity index (χ1) is 9.37. The van der Waals surface area contributed by atoms with E-state index in [-0.39, 0.29) is 5.92 Å². The number of alkyl halides is 3. The fraction of sp³-hybridized carbons (Fsp3) is 0.714. The molecule has 0 aromatic rings. The molecule has 1 fully saturated rings. The van der Waals surface area contributed by atoms with Gasteiger partial charge in [0.05, 0.1) is 5.92 Å². The van der Waals surface area contributed by atoms with Crippen LogP contribution in [0.15, 0.2) is 12.2 Å². The van der Waals surface area contributed by atoms with Crippen LogP contribution in [0.1, 0.15) is 34.1 Å². The minimum Gasteiger partial charge on any atom is -0.481 e. The molecule has 21 heavy (non-hydrogen) atoms. The van der Waals surface area contributed by atoms with Crippen molar-refractivity contribution in [1.82, 2.24) is 0 Å². The molecule has 3 unspecified atom stereocenters. The minimum atomic E-state index is -4.66. The Hall–Kier alpha value is -1.53. The lowest BCUT2D eigenvalue weighted by Gasteiger charge is -2.29. The third-order valence-electron chi connectivity index (χ3n) is 4.22. The molecule has 1 saturated carbocycles. The van der Waals surface area contributed by atoms with E-state index in [0.717, 1.165) is 13.0 Å². The van der Waals surface area contributed by atoms with E-state index >= 15 is 0 Å². The van der Waals surface area contributed by atoms with Gasteiger partial charge in [-0.05, 0) is 24.7 Å². The number of carbonyl (C=O) groups excluding carboxylic acids is 1. The maximum absolute atomic E-state index is 12.8. The van der Waals surface area contributed by atoms with Gasteiger partial charge in [-0.2, -0.15) is 13.2 Å². The number of hydrogen-bond donors (Lipinski definition) is 1. The molecule has 0 amide bonds. The lowest BCUT2D eigenvalue weighted by molar-refractivity contribution is -0.262. The van der Waals surface area contributed by atoms with Gasteiger partial charge < -0.3 is 9.84 Å². The molecule has 1 aliphatic rings. The van der Waals surface area contributed by atoms with E-state index in [0.29, 0.717) is 0 Å². The van der Waals surface area contributed by atoms with Crippen LogP contribution in [-0.4, -0.2) is 28.8 Å². The number of esters is 1. The van der Waals surface area contributed by atoms with Crippen LogP contribution in [0.5, 0.6) is 0 Å². The number of ether oxygens (including phenoxy) is 1. The molecule has 0 saturated heterocycles. The molecule has 0 aliphatic heterocycles. The second kappa shape index (κ2) is 5.35. The van der Waals surface area contributed by atoms with Gasteiger partial charge >= 0.3 is 18.1 Å². The molecule has 1 aliphatic carbocycles. The summed E-state index contributed by atoms with van der Waals surface area (Å²) in [5, 5.41) is 8.96. The molecular weight excluding hydrogens is 289 g/mol. The van der Waals surface area contributed by atoms with Crippen molar-refractivity contribution in [2.75, 3.05) is 0 Å².